The standard InChI is InChI=1S/C17H17NO2S2/c19-13-9-10-3-1-2-4-11(10)15(13)18-17(20)16-12-5-7-21-14(12)6-8-22-16/h1-5,7,13,15-16,19H,6,8-9H2,(H,18,20)/t13-,15+,16+/m0/s1. The van der Waals surface area contributed by atoms with Crippen molar-refractivity contribution >= 4 is 29.0 Å². The molecule has 0 saturated heterocycles. The van der Waals surface area contributed by atoms with Gasteiger partial charge >= 0.3 is 0 Å². The van der Waals surface area contributed by atoms with Crippen molar-refractivity contribution in [1.29, 1.82) is 0 Å². The fourth-order valence-corrected chi connectivity index (χ4v) is 5.64. The third-order valence-corrected chi connectivity index (χ3v) is 6.65. The Kier molecular flexibility index (Phi) is 3.72. The fourth-order valence-electron chi connectivity index (χ4n) is 3.34. The van der Waals surface area contributed by atoms with Crippen LogP contribution in [-0.4, -0.2) is 22.9 Å². The Bertz CT molecular complexity index is 712. The van der Waals surface area contributed by atoms with Gasteiger partial charge in [0, 0.05) is 11.3 Å². The minimum Gasteiger partial charge on any atom is -0.390 e. The molecule has 0 fully saturated rings. The first-order valence-electron chi connectivity index (χ1n) is 7.48. The Balaban J connectivity index is 1.56. The summed E-state index contributed by atoms with van der Waals surface area (Å²) in [6.45, 7) is 0. The second-order valence-electron chi connectivity index (χ2n) is 5.76. The molecule has 22 heavy (non-hydrogen) atoms. The molecule has 0 radical (unpaired) electrons. The van der Waals surface area contributed by atoms with Crippen molar-refractivity contribution in [3.05, 3.63) is 57.3 Å². The van der Waals surface area contributed by atoms with E-state index in [4.69, 9.17) is 0 Å². The van der Waals surface area contributed by atoms with E-state index < -0.39 is 6.10 Å². The minimum atomic E-state index is -0.531. The van der Waals surface area contributed by atoms with E-state index in [1.165, 1.54) is 4.88 Å². The third kappa shape index (κ3) is 2.37. The van der Waals surface area contributed by atoms with Crippen molar-refractivity contribution in [2.75, 3.05) is 5.75 Å². The number of benzene rings is 1. The largest absolute Gasteiger partial charge is 0.390 e. The fraction of sp³-hybridized carbons (Fsp3) is 0.353. The van der Waals surface area contributed by atoms with Crippen LogP contribution in [0.15, 0.2) is 35.7 Å². The van der Waals surface area contributed by atoms with E-state index in [-0.39, 0.29) is 17.2 Å². The van der Waals surface area contributed by atoms with Crippen molar-refractivity contribution < 1.29 is 9.90 Å². The highest BCUT2D eigenvalue weighted by Gasteiger charge is 2.35. The number of aliphatic hydroxyl groups is 1. The van der Waals surface area contributed by atoms with Crippen LogP contribution in [0.1, 0.15) is 32.9 Å². The molecular weight excluding hydrogens is 314 g/mol. The lowest BCUT2D eigenvalue weighted by atomic mass is 10.1. The van der Waals surface area contributed by atoms with Gasteiger partial charge in [-0.1, -0.05) is 24.3 Å². The maximum atomic E-state index is 12.7. The number of thioether (sulfide) groups is 1. The van der Waals surface area contributed by atoms with E-state index >= 15 is 0 Å². The molecule has 1 aliphatic carbocycles. The van der Waals surface area contributed by atoms with Gasteiger partial charge in [0.25, 0.3) is 0 Å². The normalized spacial score (nSPS) is 26.3. The van der Waals surface area contributed by atoms with Gasteiger partial charge in [-0.05, 0) is 40.3 Å². The lowest BCUT2D eigenvalue weighted by Crippen LogP contribution is -2.37. The molecule has 1 amide bonds. The van der Waals surface area contributed by atoms with Gasteiger partial charge in [-0.15, -0.1) is 23.1 Å². The zero-order valence-electron chi connectivity index (χ0n) is 12.0. The third-order valence-electron chi connectivity index (χ3n) is 4.42. The Morgan fingerprint density at radius 2 is 2.09 bits per heavy atom. The van der Waals surface area contributed by atoms with E-state index in [0.29, 0.717) is 6.42 Å². The predicted molar refractivity (Wildman–Crippen MR) is 90.3 cm³/mol. The lowest BCUT2D eigenvalue weighted by Gasteiger charge is -2.25. The molecule has 0 spiro atoms. The number of fused-ring (bicyclic) bond motifs is 2. The molecule has 2 N–H and O–H groups in total. The second-order valence-corrected chi connectivity index (χ2v) is 7.97. The van der Waals surface area contributed by atoms with E-state index in [1.54, 1.807) is 23.1 Å². The van der Waals surface area contributed by atoms with E-state index in [1.807, 2.05) is 24.3 Å². The molecule has 1 aliphatic heterocycles. The average molecular weight is 331 g/mol. The summed E-state index contributed by atoms with van der Waals surface area (Å²) in [5.41, 5.74) is 3.34. The van der Waals surface area contributed by atoms with E-state index in [2.05, 4.69) is 16.8 Å². The van der Waals surface area contributed by atoms with Crippen molar-refractivity contribution in [2.45, 2.75) is 30.2 Å². The Labute approximate surface area is 137 Å². The van der Waals surface area contributed by atoms with Crippen LogP contribution in [0.4, 0.5) is 0 Å². The summed E-state index contributed by atoms with van der Waals surface area (Å²) in [7, 11) is 0. The number of amides is 1. The lowest BCUT2D eigenvalue weighted by molar-refractivity contribution is -0.122. The van der Waals surface area contributed by atoms with Gasteiger partial charge in [0.05, 0.1) is 12.1 Å². The SMILES string of the molecule is O=C(N[C@@H]1c2ccccc2C[C@@H]1O)[C@@H]1SCCc2sccc21. The predicted octanol–water partition coefficient (Wildman–Crippen LogP) is 2.85. The van der Waals surface area contributed by atoms with Crippen LogP contribution in [0, 0.1) is 0 Å². The minimum absolute atomic E-state index is 0.0186. The molecule has 0 unspecified atom stereocenters. The molecule has 1 aromatic heterocycles. The highest BCUT2D eigenvalue weighted by atomic mass is 32.2. The Morgan fingerprint density at radius 1 is 1.23 bits per heavy atom. The highest BCUT2D eigenvalue weighted by Crippen LogP contribution is 2.40. The molecule has 5 heteroatoms. The Hall–Kier alpha value is -1.30. The maximum Gasteiger partial charge on any atom is 0.238 e. The number of nitrogens with one attached hydrogen (secondary N) is 1. The van der Waals surface area contributed by atoms with Crippen LogP contribution in [0.3, 0.4) is 0 Å². The van der Waals surface area contributed by atoms with E-state index in [0.717, 1.165) is 28.9 Å². The van der Waals surface area contributed by atoms with Crippen LogP contribution in [-0.2, 0) is 17.6 Å². The number of hydrogen-bond donors (Lipinski definition) is 2. The number of aryl methyl sites for hydroxylation is 1. The van der Waals surface area contributed by atoms with Crippen molar-refractivity contribution in [3.63, 3.8) is 0 Å². The number of aliphatic hydroxyl groups excluding tert-OH is 1. The maximum absolute atomic E-state index is 12.7. The summed E-state index contributed by atoms with van der Waals surface area (Å²) >= 11 is 3.43. The van der Waals surface area contributed by atoms with Gasteiger partial charge in [0.15, 0.2) is 0 Å². The molecular formula is C17H17NO2S2. The van der Waals surface area contributed by atoms with Crippen molar-refractivity contribution in [3.8, 4) is 0 Å². The topological polar surface area (TPSA) is 49.3 Å². The zero-order valence-corrected chi connectivity index (χ0v) is 13.6. The average Bonchev–Trinajstić information content (AvgIpc) is 3.12. The molecule has 4 rings (SSSR count). The van der Waals surface area contributed by atoms with Gasteiger partial charge in [0.2, 0.25) is 5.91 Å². The van der Waals surface area contributed by atoms with Gasteiger partial charge in [-0.25, -0.2) is 0 Å². The molecule has 2 aromatic rings. The van der Waals surface area contributed by atoms with Crippen molar-refractivity contribution in [2.24, 2.45) is 0 Å². The van der Waals surface area contributed by atoms with Gasteiger partial charge in [0.1, 0.15) is 5.25 Å². The zero-order chi connectivity index (χ0) is 15.1. The molecule has 3 nitrogen and oxygen atoms in total. The second kappa shape index (κ2) is 5.72. The first-order valence-corrected chi connectivity index (χ1v) is 9.41. The molecule has 2 aliphatic rings. The van der Waals surface area contributed by atoms with Gasteiger partial charge in [-0.3, -0.25) is 4.79 Å². The Morgan fingerprint density at radius 3 is 3.00 bits per heavy atom. The van der Waals surface area contributed by atoms with E-state index in [9.17, 15) is 9.90 Å². The van der Waals surface area contributed by atoms with Gasteiger partial charge in [-0.2, -0.15) is 0 Å². The number of thiophene rings is 1. The highest BCUT2D eigenvalue weighted by molar-refractivity contribution is 8.00. The summed E-state index contributed by atoms with van der Waals surface area (Å²) in [5.74, 6) is 1.00. The van der Waals surface area contributed by atoms with Gasteiger partial charge < -0.3 is 10.4 Å². The van der Waals surface area contributed by atoms with Crippen LogP contribution < -0.4 is 5.32 Å². The van der Waals surface area contributed by atoms with Crippen LogP contribution in [0.2, 0.25) is 0 Å². The number of carbonyl (C=O) groups excluding carboxylic acids is 1. The number of rotatable bonds is 2. The summed E-state index contributed by atoms with van der Waals surface area (Å²) in [6.07, 6.45) is 1.13. The first-order chi connectivity index (χ1) is 10.7. The smallest absolute Gasteiger partial charge is 0.238 e. The molecule has 2 heterocycles. The van der Waals surface area contributed by atoms with Crippen LogP contribution >= 0.6 is 23.1 Å². The molecule has 114 valence electrons. The molecule has 3 atom stereocenters. The number of carbonyl (C=O) groups is 1. The first kappa shape index (κ1) is 14.3. The molecule has 1 aromatic carbocycles. The monoisotopic (exact) mass is 331 g/mol. The van der Waals surface area contributed by atoms with Crippen LogP contribution in [0.25, 0.3) is 0 Å². The molecule has 0 saturated carbocycles. The summed E-state index contributed by atoms with van der Waals surface area (Å²) in [5, 5.41) is 15.3. The van der Waals surface area contributed by atoms with Crippen LogP contribution in [0.5, 0.6) is 0 Å². The summed E-state index contributed by atoms with van der Waals surface area (Å²) in [4.78, 5) is 14.1. The van der Waals surface area contributed by atoms with Crippen molar-refractivity contribution in [1.82, 2.24) is 5.32 Å². The summed E-state index contributed by atoms with van der Waals surface area (Å²) < 4.78 is 0. The molecule has 0 bridgehead atoms. The quantitative estimate of drug-likeness (QED) is 0.890. The number of hydrogen-bond acceptors (Lipinski definition) is 4. The summed E-state index contributed by atoms with van der Waals surface area (Å²) in [6, 6.07) is 9.74.